The molecule has 0 amide bonds. The number of nitrogens with zero attached hydrogens (tertiary/aromatic N) is 5. The van der Waals surface area contributed by atoms with Crippen LogP contribution in [0.3, 0.4) is 0 Å². The van der Waals surface area contributed by atoms with Gasteiger partial charge in [-0.3, -0.25) is 4.98 Å². The topological polar surface area (TPSA) is 65.7 Å². The van der Waals surface area contributed by atoms with E-state index in [-0.39, 0.29) is 11.3 Å². The van der Waals surface area contributed by atoms with Crippen LogP contribution in [0.1, 0.15) is 43.5 Å². The predicted molar refractivity (Wildman–Crippen MR) is 121 cm³/mol. The normalized spacial score (nSPS) is 12.5. The van der Waals surface area contributed by atoms with Crippen LogP contribution >= 0.6 is 0 Å². The quantitative estimate of drug-likeness (QED) is 0.444. The van der Waals surface area contributed by atoms with Gasteiger partial charge < -0.3 is 4.74 Å². The maximum absolute atomic E-state index is 5.90. The average molecular weight is 414 g/mol. The standard InChI is InChI=1S/C25H27N5O/c1-25(2,3)23(18-8-10-20(11-9-18)24-27-28-29-30(24)4)19-12-14-22(15-13-19)31-17-21-7-5-6-16-26-21/h5-16,23H,17H2,1-4H3. The lowest BCUT2D eigenvalue weighted by atomic mass is 9.72. The third kappa shape index (κ3) is 4.79. The molecule has 0 spiro atoms. The van der Waals surface area contributed by atoms with Crippen molar-refractivity contribution in [2.75, 3.05) is 0 Å². The molecule has 2 heterocycles. The summed E-state index contributed by atoms with van der Waals surface area (Å²) < 4.78 is 7.58. The van der Waals surface area contributed by atoms with Crippen molar-refractivity contribution in [1.29, 1.82) is 0 Å². The maximum Gasteiger partial charge on any atom is 0.181 e. The fraction of sp³-hybridized carbons (Fsp3) is 0.280. The highest BCUT2D eigenvalue weighted by atomic mass is 16.5. The molecule has 31 heavy (non-hydrogen) atoms. The Bertz CT molecular complexity index is 1110. The third-order valence-corrected chi connectivity index (χ3v) is 5.31. The summed E-state index contributed by atoms with van der Waals surface area (Å²) in [4.78, 5) is 4.30. The molecular formula is C25H27N5O. The Morgan fingerprint density at radius 2 is 1.58 bits per heavy atom. The largest absolute Gasteiger partial charge is 0.487 e. The zero-order valence-corrected chi connectivity index (χ0v) is 18.4. The van der Waals surface area contributed by atoms with Crippen LogP contribution in [-0.2, 0) is 13.7 Å². The van der Waals surface area contributed by atoms with Gasteiger partial charge in [-0.05, 0) is 51.2 Å². The molecular weight excluding hydrogens is 386 g/mol. The zero-order chi connectivity index (χ0) is 21.8. The Balaban J connectivity index is 1.55. The molecule has 2 aromatic heterocycles. The van der Waals surface area contributed by atoms with Crippen molar-refractivity contribution in [2.45, 2.75) is 33.3 Å². The summed E-state index contributed by atoms with van der Waals surface area (Å²) in [5.74, 6) is 1.84. The second-order valence-corrected chi connectivity index (χ2v) is 8.73. The molecule has 1 unspecified atom stereocenters. The van der Waals surface area contributed by atoms with E-state index in [9.17, 15) is 0 Å². The number of hydrogen-bond donors (Lipinski definition) is 0. The van der Waals surface area contributed by atoms with E-state index >= 15 is 0 Å². The van der Waals surface area contributed by atoms with Gasteiger partial charge in [0.2, 0.25) is 0 Å². The van der Waals surface area contributed by atoms with E-state index in [0.29, 0.717) is 6.61 Å². The lowest BCUT2D eigenvalue weighted by Crippen LogP contribution is -2.19. The van der Waals surface area contributed by atoms with E-state index in [1.807, 2.05) is 37.4 Å². The minimum Gasteiger partial charge on any atom is -0.487 e. The first-order valence-corrected chi connectivity index (χ1v) is 10.4. The minimum atomic E-state index is 0.0458. The van der Waals surface area contributed by atoms with Crippen LogP contribution in [0.5, 0.6) is 5.75 Å². The summed E-state index contributed by atoms with van der Waals surface area (Å²) in [6.07, 6.45) is 1.78. The van der Waals surface area contributed by atoms with Crippen molar-refractivity contribution in [3.05, 3.63) is 89.7 Å². The summed E-state index contributed by atoms with van der Waals surface area (Å²) in [5, 5.41) is 11.8. The molecule has 0 radical (unpaired) electrons. The predicted octanol–water partition coefficient (Wildman–Crippen LogP) is 5.03. The molecule has 158 valence electrons. The number of pyridine rings is 1. The number of tetrazole rings is 1. The molecule has 4 rings (SSSR count). The van der Waals surface area contributed by atoms with Gasteiger partial charge in [-0.15, -0.1) is 5.10 Å². The van der Waals surface area contributed by atoms with Crippen LogP contribution in [0.4, 0.5) is 0 Å². The summed E-state index contributed by atoms with van der Waals surface area (Å²) in [6.45, 7) is 7.26. The first-order chi connectivity index (χ1) is 14.9. The van der Waals surface area contributed by atoms with Gasteiger partial charge in [-0.25, -0.2) is 4.68 Å². The average Bonchev–Trinajstić information content (AvgIpc) is 3.19. The lowest BCUT2D eigenvalue weighted by molar-refractivity contribution is 0.301. The van der Waals surface area contributed by atoms with Gasteiger partial charge in [0.05, 0.1) is 5.69 Å². The van der Waals surface area contributed by atoms with E-state index in [4.69, 9.17) is 4.74 Å². The molecule has 0 aliphatic heterocycles. The molecule has 0 bridgehead atoms. The van der Waals surface area contributed by atoms with E-state index in [1.165, 1.54) is 11.1 Å². The Labute approximate surface area is 182 Å². The van der Waals surface area contributed by atoms with Gasteiger partial charge in [0.1, 0.15) is 12.4 Å². The fourth-order valence-electron chi connectivity index (χ4n) is 3.89. The molecule has 1 atom stereocenters. The van der Waals surface area contributed by atoms with Crippen molar-refractivity contribution in [3.63, 3.8) is 0 Å². The van der Waals surface area contributed by atoms with E-state index in [2.05, 4.69) is 77.7 Å². The van der Waals surface area contributed by atoms with Crippen molar-refractivity contribution < 1.29 is 4.74 Å². The fourth-order valence-corrected chi connectivity index (χ4v) is 3.89. The number of ether oxygens (including phenoxy) is 1. The van der Waals surface area contributed by atoms with E-state index in [0.717, 1.165) is 22.8 Å². The first-order valence-electron chi connectivity index (χ1n) is 10.4. The third-order valence-electron chi connectivity index (χ3n) is 5.31. The highest BCUT2D eigenvalue weighted by Crippen LogP contribution is 2.41. The molecule has 0 saturated carbocycles. The summed E-state index contributed by atoms with van der Waals surface area (Å²) in [7, 11) is 1.85. The molecule has 6 heteroatoms. The number of aromatic nitrogens is 5. The van der Waals surface area contributed by atoms with Crippen LogP contribution in [0.15, 0.2) is 72.9 Å². The van der Waals surface area contributed by atoms with Gasteiger partial charge in [-0.2, -0.15) is 0 Å². The molecule has 0 saturated heterocycles. The van der Waals surface area contributed by atoms with Crippen molar-refractivity contribution in [3.8, 4) is 17.1 Å². The summed E-state index contributed by atoms with van der Waals surface area (Å²) in [5.41, 5.74) is 4.48. The number of aryl methyl sites for hydroxylation is 1. The highest BCUT2D eigenvalue weighted by Gasteiger charge is 2.28. The molecule has 0 aliphatic carbocycles. The van der Waals surface area contributed by atoms with Gasteiger partial charge in [0.25, 0.3) is 0 Å². The van der Waals surface area contributed by atoms with Gasteiger partial charge in [0.15, 0.2) is 5.82 Å². The summed E-state index contributed by atoms with van der Waals surface area (Å²) >= 11 is 0. The Hall–Kier alpha value is -3.54. The van der Waals surface area contributed by atoms with Crippen LogP contribution in [0.25, 0.3) is 11.4 Å². The highest BCUT2D eigenvalue weighted by molar-refractivity contribution is 5.55. The smallest absolute Gasteiger partial charge is 0.181 e. The van der Waals surface area contributed by atoms with Gasteiger partial charge in [0, 0.05) is 24.7 Å². The van der Waals surface area contributed by atoms with Crippen LogP contribution in [-0.4, -0.2) is 25.2 Å². The molecule has 0 N–H and O–H groups in total. The van der Waals surface area contributed by atoms with Crippen molar-refractivity contribution in [1.82, 2.24) is 25.2 Å². The van der Waals surface area contributed by atoms with Crippen LogP contribution < -0.4 is 4.74 Å². The minimum absolute atomic E-state index is 0.0458. The van der Waals surface area contributed by atoms with Gasteiger partial charge >= 0.3 is 0 Å². The monoisotopic (exact) mass is 413 g/mol. The SMILES string of the molecule is Cn1nnnc1-c1ccc(C(c2ccc(OCc3ccccn3)cc2)C(C)(C)C)cc1. The Morgan fingerprint density at radius 1 is 0.903 bits per heavy atom. The Kier molecular flexibility index (Phi) is 5.80. The van der Waals surface area contributed by atoms with Crippen LogP contribution in [0.2, 0.25) is 0 Å². The van der Waals surface area contributed by atoms with E-state index in [1.54, 1.807) is 10.9 Å². The second-order valence-electron chi connectivity index (χ2n) is 8.73. The molecule has 2 aromatic carbocycles. The second kappa shape index (κ2) is 8.68. The lowest BCUT2D eigenvalue weighted by Gasteiger charge is -2.32. The van der Waals surface area contributed by atoms with Gasteiger partial charge in [-0.1, -0.05) is 63.2 Å². The first kappa shape index (κ1) is 20.7. The zero-order valence-electron chi connectivity index (χ0n) is 18.4. The Morgan fingerprint density at radius 3 is 2.13 bits per heavy atom. The van der Waals surface area contributed by atoms with Crippen molar-refractivity contribution >= 4 is 0 Å². The summed E-state index contributed by atoms with van der Waals surface area (Å²) in [6, 6.07) is 22.7. The van der Waals surface area contributed by atoms with Crippen molar-refractivity contribution in [2.24, 2.45) is 12.5 Å². The maximum atomic E-state index is 5.90. The number of benzene rings is 2. The number of hydrogen-bond acceptors (Lipinski definition) is 5. The van der Waals surface area contributed by atoms with E-state index < -0.39 is 0 Å². The molecule has 0 aliphatic rings. The number of rotatable bonds is 6. The molecule has 0 fully saturated rings. The molecule has 4 aromatic rings. The van der Waals surface area contributed by atoms with Crippen LogP contribution in [0, 0.1) is 5.41 Å². The molecule has 6 nitrogen and oxygen atoms in total.